The first-order valence-electron chi connectivity index (χ1n) is 10.6. The van der Waals surface area contributed by atoms with E-state index in [0.717, 1.165) is 47.9 Å². The van der Waals surface area contributed by atoms with Crippen molar-refractivity contribution in [2.45, 2.75) is 25.5 Å². The average Bonchev–Trinajstić information content (AvgIpc) is 3.40. The molecule has 168 valence electrons. The highest BCUT2D eigenvalue weighted by Crippen LogP contribution is 2.39. The molecule has 1 unspecified atom stereocenters. The standard InChI is InChI=1S/C24H27N4O3.BrH/c1-17-22(23(29)28(25(17)2)19-8-5-4-6-9-19)27-21-10-7-15-26(21)16-24(27,30)18-11-13-20(31-3)14-12-18;/h4-6,8-9,11-14,30H,7,10,15-16H2,1-3H3;1H/q+1;/p-1. The van der Waals surface area contributed by atoms with Gasteiger partial charge in [0.05, 0.1) is 31.5 Å². The molecule has 2 aliphatic rings. The topological polar surface area (TPSA) is 62.6 Å². The summed E-state index contributed by atoms with van der Waals surface area (Å²) in [5, 5.41) is 12.0. The van der Waals surface area contributed by atoms with Crippen molar-refractivity contribution in [1.29, 1.82) is 0 Å². The Morgan fingerprint density at radius 1 is 1.09 bits per heavy atom. The molecular weight excluding hydrogens is 472 g/mol. The zero-order valence-corrected chi connectivity index (χ0v) is 20.0. The molecule has 7 nitrogen and oxygen atoms in total. The first-order chi connectivity index (χ1) is 15.0. The van der Waals surface area contributed by atoms with Crippen LogP contribution in [0.1, 0.15) is 24.1 Å². The number of amidine groups is 1. The Labute approximate surface area is 197 Å². The second-order valence-electron chi connectivity index (χ2n) is 8.23. The Bertz CT molecular complexity index is 1230. The number of hydrogen-bond acceptors (Lipinski definition) is 4. The fraction of sp³-hybridized carbons (Fsp3) is 0.333. The number of hydrogen-bond donors (Lipinski definition) is 1. The number of nitrogens with zero attached hydrogens (tertiary/aromatic N) is 4. The highest BCUT2D eigenvalue weighted by atomic mass is 79.9. The lowest BCUT2D eigenvalue weighted by Gasteiger charge is -2.28. The summed E-state index contributed by atoms with van der Waals surface area (Å²) in [4.78, 5) is 15.6. The van der Waals surface area contributed by atoms with Crippen molar-refractivity contribution in [2.75, 3.05) is 25.1 Å². The maximum Gasteiger partial charge on any atom is 0.318 e. The first kappa shape index (κ1) is 22.4. The van der Waals surface area contributed by atoms with Crippen LogP contribution in [0.2, 0.25) is 0 Å². The quantitative estimate of drug-likeness (QED) is 0.486. The average molecular weight is 499 g/mol. The van der Waals surface area contributed by atoms with Gasteiger partial charge in [-0.1, -0.05) is 18.2 Å². The van der Waals surface area contributed by atoms with Crippen molar-refractivity contribution in [3.8, 4) is 11.4 Å². The van der Waals surface area contributed by atoms with Crippen LogP contribution < -0.4 is 32.2 Å². The third kappa shape index (κ3) is 3.20. The molecule has 0 bridgehead atoms. The number of anilines is 1. The summed E-state index contributed by atoms with van der Waals surface area (Å²) in [6.45, 7) is 3.24. The van der Waals surface area contributed by atoms with Gasteiger partial charge < -0.3 is 26.8 Å². The van der Waals surface area contributed by atoms with Crippen LogP contribution in [-0.2, 0) is 12.8 Å². The minimum atomic E-state index is -1.33. The minimum absolute atomic E-state index is 0. The van der Waals surface area contributed by atoms with Crippen molar-refractivity contribution in [3.63, 3.8) is 0 Å². The molecule has 0 aliphatic carbocycles. The molecule has 1 N–H and O–H groups in total. The van der Waals surface area contributed by atoms with E-state index in [1.54, 1.807) is 11.8 Å². The normalized spacial score (nSPS) is 19.8. The summed E-state index contributed by atoms with van der Waals surface area (Å²) < 4.78 is 11.0. The predicted molar refractivity (Wildman–Crippen MR) is 119 cm³/mol. The van der Waals surface area contributed by atoms with Crippen LogP contribution in [0.15, 0.2) is 59.4 Å². The molecule has 1 atom stereocenters. The Kier molecular flexibility index (Phi) is 5.77. The number of rotatable bonds is 4. The third-order valence-electron chi connectivity index (χ3n) is 6.53. The second kappa shape index (κ2) is 8.26. The summed E-state index contributed by atoms with van der Waals surface area (Å²) in [7, 11) is 3.50. The first-order valence-corrected chi connectivity index (χ1v) is 10.6. The smallest absolute Gasteiger partial charge is 0.318 e. The lowest BCUT2D eigenvalue weighted by Crippen LogP contribution is -3.00. The van der Waals surface area contributed by atoms with Gasteiger partial charge in [0.15, 0.2) is 6.54 Å². The van der Waals surface area contributed by atoms with Crippen LogP contribution in [0.3, 0.4) is 0 Å². The van der Waals surface area contributed by atoms with E-state index in [-0.39, 0.29) is 22.5 Å². The van der Waals surface area contributed by atoms with E-state index >= 15 is 0 Å². The van der Waals surface area contributed by atoms with Crippen molar-refractivity contribution in [2.24, 2.45) is 7.05 Å². The van der Waals surface area contributed by atoms with E-state index < -0.39 is 5.72 Å². The molecule has 0 saturated carbocycles. The fourth-order valence-corrected chi connectivity index (χ4v) is 4.89. The van der Waals surface area contributed by atoms with Gasteiger partial charge >= 0.3 is 5.56 Å². The van der Waals surface area contributed by atoms with Crippen LogP contribution in [0.25, 0.3) is 5.69 Å². The van der Waals surface area contributed by atoms with Gasteiger partial charge in [0.1, 0.15) is 5.75 Å². The largest absolute Gasteiger partial charge is 1.00 e. The minimum Gasteiger partial charge on any atom is -1.00 e. The van der Waals surface area contributed by atoms with Crippen LogP contribution in [0, 0.1) is 6.92 Å². The molecule has 0 saturated heterocycles. The Hall–Kier alpha value is -2.84. The molecule has 0 spiro atoms. The zero-order valence-electron chi connectivity index (χ0n) is 18.5. The second-order valence-corrected chi connectivity index (χ2v) is 8.23. The van der Waals surface area contributed by atoms with Gasteiger partial charge in [-0.05, 0) is 49.7 Å². The molecule has 2 aromatic carbocycles. The molecule has 0 radical (unpaired) electrons. The van der Waals surface area contributed by atoms with Crippen LogP contribution in [0.5, 0.6) is 5.75 Å². The Balaban J connectivity index is 0.00000245. The SMILES string of the molecule is COc1ccc(C2(O)C[N+]3=C(CCC3)N2c2c(C)n(C)n(-c3ccccc3)c2=O)cc1.[Br-]. The van der Waals surface area contributed by atoms with Gasteiger partial charge in [-0.15, -0.1) is 0 Å². The lowest BCUT2D eigenvalue weighted by atomic mass is 10.00. The fourth-order valence-electron chi connectivity index (χ4n) is 4.89. The maximum absolute atomic E-state index is 13.7. The predicted octanol–water partition coefficient (Wildman–Crippen LogP) is -0.633. The van der Waals surface area contributed by atoms with E-state index in [2.05, 4.69) is 4.58 Å². The Morgan fingerprint density at radius 2 is 1.78 bits per heavy atom. The molecule has 0 amide bonds. The molecule has 1 aromatic heterocycles. The molecule has 8 heteroatoms. The van der Waals surface area contributed by atoms with E-state index in [1.807, 2.05) is 78.2 Å². The van der Waals surface area contributed by atoms with Crippen LogP contribution in [-0.4, -0.2) is 45.1 Å². The summed E-state index contributed by atoms with van der Waals surface area (Å²) in [6.07, 6.45) is 1.85. The number of methoxy groups -OCH3 is 1. The third-order valence-corrected chi connectivity index (χ3v) is 6.53. The van der Waals surface area contributed by atoms with Gasteiger partial charge in [0, 0.05) is 12.6 Å². The Morgan fingerprint density at radius 3 is 2.44 bits per heavy atom. The zero-order chi connectivity index (χ0) is 21.8. The number of aliphatic hydroxyl groups is 1. The summed E-state index contributed by atoms with van der Waals surface area (Å²) in [5.74, 6) is 1.73. The number of aromatic nitrogens is 2. The summed E-state index contributed by atoms with van der Waals surface area (Å²) in [6, 6.07) is 17.0. The van der Waals surface area contributed by atoms with Crippen LogP contribution in [0.4, 0.5) is 5.69 Å². The lowest BCUT2D eigenvalue weighted by molar-refractivity contribution is -0.526. The molecular formula is C24H27BrN4O3. The molecule has 3 aromatic rings. The van der Waals surface area contributed by atoms with Gasteiger partial charge in [-0.2, -0.15) is 4.90 Å². The number of ether oxygens (including phenoxy) is 1. The number of para-hydroxylation sites is 1. The highest BCUT2D eigenvalue weighted by Gasteiger charge is 2.57. The van der Waals surface area contributed by atoms with Crippen molar-refractivity contribution in [3.05, 3.63) is 76.2 Å². The van der Waals surface area contributed by atoms with E-state index in [4.69, 9.17) is 4.74 Å². The monoisotopic (exact) mass is 498 g/mol. The maximum atomic E-state index is 13.7. The summed E-state index contributed by atoms with van der Waals surface area (Å²) >= 11 is 0. The van der Waals surface area contributed by atoms with Gasteiger partial charge in [0.25, 0.3) is 11.6 Å². The summed E-state index contributed by atoms with van der Waals surface area (Å²) in [5.41, 5.74) is 1.39. The van der Waals surface area contributed by atoms with Gasteiger partial charge in [0.2, 0.25) is 5.69 Å². The molecule has 2 aliphatic heterocycles. The van der Waals surface area contributed by atoms with E-state index in [9.17, 15) is 9.90 Å². The van der Waals surface area contributed by atoms with Gasteiger partial charge in [-0.25, -0.2) is 4.68 Å². The van der Waals surface area contributed by atoms with E-state index in [0.29, 0.717) is 12.2 Å². The van der Waals surface area contributed by atoms with E-state index in [1.165, 1.54) is 0 Å². The molecule has 0 fully saturated rings. The van der Waals surface area contributed by atoms with Crippen molar-refractivity contribution in [1.82, 2.24) is 9.36 Å². The van der Waals surface area contributed by atoms with Crippen molar-refractivity contribution < 1.29 is 31.4 Å². The molecule has 3 heterocycles. The number of benzene rings is 2. The van der Waals surface area contributed by atoms with Crippen molar-refractivity contribution >= 4 is 11.5 Å². The number of halogens is 1. The highest BCUT2D eigenvalue weighted by molar-refractivity contribution is 5.98. The van der Waals surface area contributed by atoms with Crippen LogP contribution >= 0.6 is 0 Å². The molecule has 5 rings (SSSR count). The van der Waals surface area contributed by atoms with Gasteiger partial charge in [-0.3, -0.25) is 14.1 Å². The molecule has 32 heavy (non-hydrogen) atoms.